The van der Waals surface area contributed by atoms with Gasteiger partial charge in [-0.1, -0.05) is 12.1 Å². The number of carbonyl (C=O) groups excluding carboxylic acids is 1. The van der Waals surface area contributed by atoms with E-state index in [1.54, 1.807) is 37.6 Å². The van der Waals surface area contributed by atoms with Crippen LogP contribution in [0.1, 0.15) is 5.56 Å². The van der Waals surface area contributed by atoms with Crippen LogP contribution < -0.4 is 19.8 Å². The Balaban J connectivity index is 1.54. The fraction of sp³-hybridized carbons (Fsp3) is 0.316. The van der Waals surface area contributed by atoms with Gasteiger partial charge in [-0.05, 0) is 24.3 Å². The van der Waals surface area contributed by atoms with Gasteiger partial charge in [-0.25, -0.2) is 15.2 Å². The van der Waals surface area contributed by atoms with Crippen molar-refractivity contribution in [3.8, 4) is 11.5 Å². The number of hydrazone groups is 1. The molecule has 0 saturated carbocycles. The van der Waals surface area contributed by atoms with Crippen LogP contribution in [0.5, 0.6) is 11.5 Å². The van der Waals surface area contributed by atoms with E-state index in [2.05, 4.69) is 20.4 Å². The number of benzene rings is 1. The van der Waals surface area contributed by atoms with Gasteiger partial charge in [0.1, 0.15) is 5.82 Å². The van der Waals surface area contributed by atoms with Gasteiger partial charge >= 0.3 is 6.03 Å². The molecule has 0 radical (unpaired) electrons. The molecule has 1 aromatic heterocycles. The lowest BCUT2D eigenvalue weighted by molar-refractivity contribution is 0.195. The molecule has 0 spiro atoms. The molecule has 8 nitrogen and oxygen atoms in total. The second-order valence-corrected chi connectivity index (χ2v) is 5.92. The SMILES string of the molecule is COc1cccc(/C=N/NC(=O)N2CCN(c3ccccn3)CC2)c1OC. The van der Waals surface area contributed by atoms with Crippen molar-refractivity contribution in [1.82, 2.24) is 15.3 Å². The molecule has 1 N–H and O–H groups in total. The van der Waals surface area contributed by atoms with E-state index in [-0.39, 0.29) is 6.03 Å². The molecule has 0 bridgehead atoms. The van der Waals surface area contributed by atoms with Gasteiger partial charge in [-0.2, -0.15) is 5.10 Å². The Morgan fingerprint density at radius 2 is 1.93 bits per heavy atom. The Bertz CT molecular complexity index is 789. The van der Waals surface area contributed by atoms with Gasteiger partial charge in [0.15, 0.2) is 11.5 Å². The van der Waals surface area contributed by atoms with Crippen LogP contribution in [0.15, 0.2) is 47.7 Å². The van der Waals surface area contributed by atoms with E-state index in [1.807, 2.05) is 30.3 Å². The van der Waals surface area contributed by atoms with Crippen LogP contribution in [0.3, 0.4) is 0 Å². The highest BCUT2D eigenvalue weighted by atomic mass is 16.5. The molecule has 1 aliphatic rings. The number of amides is 2. The molecule has 1 saturated heterocycles. The Morgan fingerprint density at radius 1 is 1.11 bits per heavy atom. The van der Waals surface area contributed by atoms with E-state index in [1.165, 1.54) is 0 Å². The Hall–Kier alpha value is -3.29. The van der Waals surface area contributed by atoms with Crippen molar-refractivity contribution in [2.24, 2.45) is 5.10 Å². The average Bonchev–Trinajstić information content (AvgIpc) is 2.74. The first-order chi connectivity index (χ1) is 13.2. The number of ether oxygens (including phenoxy) is 2. The van der Waals surface area contributed by atoms with Crippen LogP contribution >= 0.6 is 0 Å². The van der Waals surface area contributed by atoms with Gasteiger partial charge in [-0.15, -0.1) is 0 Å². The van der Waals surface area contributed by atoms with E-state index in [0.29, 0.717) is 24.6 Å². The second kappa shape index (κ2) is 8.88. The molecule has 142 valence electrons. The highest BCUT2D eigenvalue weighted by Gasteiger charge is 2.21. The van der Waals surface area contributed by atoms with E-state index >= 15 is 0 Å². The van der Waals surface area contributed by atoms with Crippen molar-refractivity contribution in [2.45, 2.75) is 0 Å². The number of hydrogen-bond donors (Lipinski definition) is 1. The number of nitrogens with one attached hydrogen (secondary N) is 1. The number of anilines is 1. The molecule has 2 amide bonds. The highest BCUT2D eigenvalue weighted by molar-refractivity contribution is 5.86. The zero-order valence-corrected chi connectivity index (χ0v) is 15.5. The second-order valence-electron chi connectivity index (χ2n) is 5.92. The third-order valence-electron chi connectivity index (χ3n) is 4.34. The lowest BCUT2D eigenvalue weighted by Crippen LogP contribution is -2.51. The molecule has 8 heteroatoms. The minimum atomic E-state index is -0.228. The number of piperazine rings is 1. The first kappa shape index (κ1) is 18.5. The smallest absolute Gasteiger partial charge is 0.337 e. The van der Waals surface area contributed by atoms with E-state index in [0.717, 1.165) is 24.5 Å². The minimum absolute atomic E-state index is 0.228. The Labute approximate surface area is 158 Å². The van der Waals surface area contributed by atoms with Crippen molar-refractivity contribution in [3.05, 3.63) is 48.2 Å². The Morgan fingerprint density at radius 3 is 2.59 bits per heavy atom. The summed E-state index contributed by atoms with van der Waals surface area (Å²) in [5.74, 6) is 2.11. The summed E-state index contributed by atoms with van der Waals surface area (Å²) in [6.45, 7) is 2.69. The number of rotatable bonds is 5. The number of urea groups is 1. The minimum Gasteiger partial charge on any atom is -0.493 e. The van der Waals surface area contributed by atoms with E-state index in [9.17, 15) is 4.79 Å². The Kier molecular flexibility index (Phi) is 6.09. The van der Waals surface area contributed by atoms with Crippen molar-refractivity contribution in [3.63, 3.8) is 0 Å². The molecule has 2 heterocycles. The maximum atomic E-state index is 12.3. The topological polar surface area (TPSA) is 79.3 Å². The molecule has 27 heavy (non-hydrogen) atoms. The number of methoxy groups -OCH3 is 2. The predicted molar refractivity (Wildman–Crippen MR) is 104 cm³/mol. The maximum absolute atomic E-state index is 12.3. The van der Waals surface area contributed by atoms with Crippen LogP contribution in [0.4, 0.5) is 10.6 Å². The number of aromatic nitrogens is 1. The van der Waals surface area contributed by atoms with Crippen LogP contribution in [-0.4, -0.2) is 62.5 Å². The largest absolute Gasteiger partial charge is 0.493 e. The average molecular weight is 369 g/mol. The molecule has 0 unspecified atom stereocenters. The summed E-state index contributed by atoms with van der Waals surface area (Å²) in [4.78, 5) is 20.6. The van der Waals surface area contributed by atoms with Gasteiger partial charge in [0.2, 0.25) is 0 Å². The summed E-state index contributed by atoms with van der Waals surface area (Å²) >= 11 is 0. The standard InChI is InChI=1S/C19H23N5O3/c1-26-16-7-5-6-15(18(16)27-2)14-21-22-19(25)24-12-10-23(11-13-24)17-8-3-4-9-20-17/h3-9,14H,10-13H2,1-2H3,(H,22,25)/b21-14+. The van der Waals surface area contributed by atoms with Crippen LogP contribution in [0.2, 0.25) is 0 Å². The molecule has 1 aromatic carbocycles. The zero-order valence-electron chi connectivity index (χ0n) is 15.5. The van der Waals surface area contributed by atoms with Gasteiger partial charge in [0.05, 0.1) is 20.4 Å². The van der Waals surface area contributed by atoms with Crippen molar-refractivity contribution in [2.75, 3.05) is 45.3 Å². The maximum Gasteiger partial charge on any atom is 0.337 e. The van der Waals surface area contributed by atoms with Gasteiger partial charge < -0.3 is 19.3 Å². The fourth-order valence-electron chi connectivity index (χ4n) is 2.92. The monoisotopic (exact) mass is 369 g/mol. The van der Waals surface area contributed by atoms with Crippen LogP contribution in [-0.2, 0) is 0 Å². The van der Waals surface area contributed by atoms with Crippen molar-refractivity contribution < 1.29 is 14.3 Å². The lowest BCUT2D eigenvalue weighted by atomic mass is 10.2. The number of nitrogens with zero attached hydrogens (tertiary/aromatic N) is 4. The van der Waals surface area contributed by atoms with E-state index in [4.69, 9.17) is 9.47 Å². The van der Waals surface area contributed by atoms with Crippen molar-refractivity contribution >= 4 is 18.1 Å². The zero-order chi connectivity index (χ0) is 19.1. The molecule has 2 aromatic rings. The molecular weight excluding hydrogens is 346 g/mol. The summed E-state index contributed by atoms with van der Waals surface area (Å²) in [7, 11) is 3.14. The summed E-state index contributed by atoms with van der Waals surface area (Å²) in [5.41, 5.74) is 3.29. The number of hydrogen-bond acceptors (Lipinski definition) is 6. The van der Waals surface area contributed by atoms with E-state index < -0.39 is 0 Å². The third kappa shape index (κ3) is 4.46. The summed E-state index contributed by atoms with van der Waals surface area (Å²) in [6, 6.07) is 11.1. The highest BCUT2D eigenvalue weighted by Crippen LogP contribution is 2.29. The normalized spacial score (nSPS) is 14.3. The molecule has 0 atom stereocenters. The quantitative estimate of drug-likeness (QED) is 0.644. The first-order valence-electron chi connectivity index (χ1n) is 8.68. The molecular formula is C19H23N5O3. The molecule has 1 fully saturated rings. The van der Waals surface area contributed by atoms with Crippen LogP contribution in [0.25, 0.3) is 0 Å². The molecule has 1 aliphatic heterocycles. The lowest BCUT2D eigenvalue weighted by Gasteiger charge is -2.34. The number of para-hydroxylation sites is 1. The molecule has 3 rings (SSSR count). The fourth-order valence-corrected chi connectivity index (χ4v) is 2.92. The van der Waals surface area contributed by atoms with Gasteiger partial charge in [0, 0.05) is 37.9 Å². The van der Waals surface area contributed by atoms with Crippen molar-refractivity contribution in [1.29, 1.82) is 0 Å². The first-order valence-corrected chi connectivity index (χ1v) is 8.68. The third-order valence-corrected chi connectivity index (χ3v) is 4.34. The number of carbonyl (C=O) groups is 1. The van der Waals surface area contributed by atoms with Crippen LogP contribution in [0, 0.1) is 0 Å². The number of pyridine rings is 1. The summed E-state index contributed by atoms with van der Waals surface area (Å²) in [6.07, 6.45) is 3.32. The summed E-state index contributed by atoms with van der Waals surface area (Å²) < 4.78 is 10.6. The molecule has 0 aliphatic carbocycles. The predicted octanol–water partition coefficient (Wildman–Crippen LogP) is 1.96. The summed E-state index contributed by atoms with van der Waals surface area (Å²) in [5, 5.41) is 4.05. The van der Waals surface area contributed by atoms with Gasteiger partial charge in [0.25, 0.3) is 0 Å². The van der Waals surface area contributed by atoms with Gasteiger partial charge in [-0.3, -0.25) is 0 Å².